The Kier molecular flexibility index (Phi) is 6.95. The third kappa shape index (κ3) is 5.47. The topological polar surface area (TPSA) is 125 Å². The molecule has 0 aliphatic carbocycles. The van der Waals surface area contributed by atoms with E-state index in [9.17, 15) is 9.59 Å². The Morgan fingerprint density at radius 2 is 1.36 bits per heavy atom. The van der Waals surface area contributed by atoms with E-state index in [1.807, 2.05) is 30.3 Å². The molecule has 2 N–H and O–H groups in total. The molecule has 39 heavy (non-hydrogen) atoms. The van der Waals surface area contributed by atoms with Crippen molar-refractivity contribution in [3.8, 4) is 11.4 Å². The number of amides is 3. The van der Waals surface area contributed by atoms with E-state index in [0.717, 1.165) is 37.3 Å². The molecule has 1 aromatic heterocycles. The molecular formula is C27H30N8O4. The summed E-state index contributed by atoms with van der Waals surface area (Å²) >= 11 is 0. The first-order valence-electron chi connectivity index (χ1n) is 13.0. The third-order valence-corrected chi connectivity index (χ3v) is 6.95. The summed E-state index contributed by atoms with van der Waals surface area (Å²) in [5.41, 5.74) is 3.64. The second kappa shape index (κ2) is 10.8. The maximum Gasteiger partial charge on any atom is 0.323 e. The summed E-state index contributed by atoms with van der Waals surface area (Å²) < 4.78 is 11.0. The predicted octanol–water partition coefficient (Wildman–Crippen LogP) is 2.44. The van der Waals surface area contributed by atoms with Gasteiger partial charge in [0.1, 0.15) is 0 Å². The van der Waals surface area contributed by atoms with Gasteiger partial charge in [-0.05, 0) is 48.0 Å². The molecule has 2 aromatic carbocycles. The first kappa shape index (κ1) is 25.0. The summed E-state index contributed by atoms with van der Waals surface area (Å²) in [5, 5.41) is 5.70. The van der Waals surface area contributed by atoms with Gasteiger partial charge in [0, 0.05) is 62.3 Å². The average molecular weight is 531 g/mol. The van der Waals surface area contributed by atoms with Crippen LogP contribution in [-0.4, -0.2) is 91.4 Å². The lowest BCUT2D eigenvalue weighted by Crippen LogP contribution is -2.40. The van der Waals surface area contributed by atoms with Crippen LogP contribution >= 0.6 is 0 Å². The molecule has 0 spiro atoms. The molecule has 2 fully saturated rings. The summed E-state index contributed by atoms with van der Waals surface area (Å²) in [6.45, 7) is 5.97. The monoisotopic (exact) mass is 530 g/mol. The van der Waals surface area contributed by atoms with Crippen molar-refractivity contribution in [2.45, 2.75) is 6.54 Å². The van der Waals surface area contributed by atoms with E-state index < -0.39 is 0 Å². The number of carbonyl (C=O) groups is 2. The molecule has 3 aromatic rings. The van der Waals surface area contributed by atoms with E-state index in [4.69, 9.17) is 24.4 Å². The van der Waals surface area contributed by atoms with Crippen molar-refractivity contribution in [3.63, 3.8) is 0 Å². The molecule has 0 saturated carbocycles. The molecule has 6 rings (SSSR count). The second-order valence-corrected chi connectivity index (χ2v) is 9.65. The van der Waals surface area contributed by atoms with Crippen LogP contribution in [-0.2, 0) is 16.0 Å². The zero-order chi connectivity index (χ0) is 26.8. The molecule has 4 heterocycles. The normalized spacial score (nSPS) is 17.3. The second-order valence-electron chi connectivity index (χ2n) is 9.65. The fourth-order valence-electron chi connectivity index (χ4n) is 4.83. The molecule has 0 bridgehead atoms. The zero-order valence-electron chi connectivity index (χ0n) is 21.7. The fourth-order valence-corrected chi connectivity index (χ4v) is 4.83. The highest BCUT2D eigenvalue weighted by atomic mass is 16.5. The highest BCUT2D eigenvalue weighted by Crippen LogP contribution is 2.26. The van der Waals surface area contributed by atoms with E-state index in [1.54, 1.807) is 24.1 Å². The lowest BCUT2D eigenvalue weighted by molar-refractivity contribution is 0.0816. The van der Waals surface area contributed by atoms with E-state index in [-0.39, 0.29) is 11.9 Å². The van der Waals surface area contributed by atoms with Crippen molar-refractivity contribution in [2.75, 3.05) is 80.1 Å². The largest absolute Gasteiger partial charge is 0.378 e. The van der Waals surface area contributed by atoms with Crippen LogP contribution in [0.15, 0.2) is 42.5 Å². The minimum absolute atomic E-state index is 0.00611. The minimum atomic E-state index is -0.371. The highest BCUT2D eigenvalue weighted by Gasteiger charge is 2.25. The van der Waals surface area contributed by atoms with E-state index in [0.29, 0.717) is 67.6 Å². The summed E-state index contributed by atoms with van der Waals surface area (Å²) in [5.74, 6) is 1.83. The lowest BCUT2D eigenvalue weighted by atomic mass is 10.1. The first-order valence-corrected chi connectivity index (χ1v) is 13.0. The number of aromatic nitrogens is 3. The number of nitrogens with zero attached hydrogens (tertiary/aromatic N) is 6. The molecule has 0 radical (unpaired) electrons. The summed E-state index contributed by atoms with van der Waals surface area (Å²) in [7, 11) is 1.76. The molecule has 0 unspecified atom stereocenters. The molecule has 3 aliphatic rings. The van der Waals surface area contributed by atoms with Gasteiger partial charge in [0.25, 0.3) is 5.91 Å². The Labute approximate surface area is 225 Å². The lowest BCUT2D eigenvalue weighted by Gasteiger charge is -2.30. The smallest absolute Gasteiger partial charge is 0.323 e. The number of ether oxygens (including phenoxy) is 2. The van der Waals surface area contributed by atoms with Crippen LogP contribution in [0, 0.1) is 0 Å². The third-order valence-electron chi connectivity index (χ3n) is 6.95. The zero-order valence-corrected chi connectivity index (χ0v) is 21.7. The molecule has 12 heteroatoms. The first-order chi connectivity index (χ1) is 19.0. The van der Waals surface area contributed by atoms with Gasteiger partial charge in [-0.25, -0.2) is 4.79 Å². The number of urea groups is 1. The number of benzene rings is 2. The van der Waals surface area contributed by atoms with Gasteiger partial charge in [0.2, 0.25) is 11.9 Å². The van der Waals surface area contributed by atoms with Crippen LogP contribution in [0.3, 0.4) is 0 Å². The Hall–Kier alpha value is -4.29. The average Bonchev–Trinajstić information content (AvgIpc) is 3.26. The van der Waals surface area contributed by atoms with Gasteiger partial charge in [0.05, 0.1) is 26.4 Å². The van der Waals surface area contributed by atoms with Crippen LogP contribution < -0.4 is 20.4 Å². The van der Waals surface area contributed by atoms with Crippen LogP contribution in [0.1, 0.15) is 15.9 Å². The molecule has 3 amide bonds. The van der Waals surface area contributed by atoms with Crippen molar-refractivity contribution in [3.05, 3.63) is 53.6 Å². The van der Waals surface area contributed by atoms with Crippen LogP contribution in [0.5, 0.6) is 0 Å². The van der Waals surface area contributed by atoms with Crippen LogP contribution in [0.2, 0.25) is 0 Å². The minimum Gasteiger partial charge on any atom is -0.378 e. The van der Waals surface area contributed by atoms with Crippen molar-refractivity contribution in [1.82, 2.24) is 19.9 Å². The molecule has 3 aliphatic heterocycles. The van der Waals surface area contributed by atoms with Gasteiger partial charge < -0.3 is 34.8 Å². The van der Waals surface area contributed by atoms with Crippen LogP contribution in [0.4, 0.5) is 28.1 Å². The number of nitrogens with one attached hydrogen (secondary N) is 2. The standard InChI is InChI=1S/C27H30N8O4/c1-33-17-19-16-21(6-7-22(19)24(33)36)29-27(37)28-20-4-2-18(3-5-20)23-30-25(34-8-12-38-13-9-34)32-26(31-23)35-10-14-39-15-11-35/h2-7,16H,8-15,17H2,1H3,(H2,28,29,37). The van der Waals surface area contributed by atoms with Crippen molar-refractivity contribution >= 4 is 35.2 Å². The number of fused-ring (bicyclic) bond motifs is 1. The Bertz CT molecular complexity index is 1330. The molecule has 12 nitrogen and oxygen atoms in total. The highest BCUT2D eigenvalue weighted by molar-refractivity contribution is 6.02. The Balaban J connectivity index is 1.17. The van der Waals surface area contributed by atoms with Crippen molar-refractivity contribution in [2.24, 2.45) is 0 Å². The van der Waals surface area contributed by atoms with E-state index in [2.05, 4.69) is 20.4 Å². The van der Waals surface area contributed by atoms with Gasteiger partial charge >= 0.3 is 6.03 Å². The molecular weight excluding hydrogens is 500 g/mol. The summed E-state index contributed by atoms with van der Waals surface area (Å²) in [6.07, 6.45) is 0. The summed E-state index contributed by atoms with van der Waals surface area (Å²) in [4.78, 5) is 44.9. The Morgan fingerprint density at radius 3 is 1.97 bits per heavy atom. The Morgan fingerprint density at radius 1 is 0.795 bits per heavy atom. The van der Waals surface area contributed by atoms with Gasteiger partial charge in [-0.15, -0.1) is 0 Å². The van der Waals surface area contributed by atoms with Gasteiger partial charge in [-0.2, -0.15) is 15.0 Å². The predicted molar refractivity (Wildman–Crippen MR) is 146 cm³/mol. The molecule has 0 atom stereocenters. The van der Waals surface area contributed by atoms with Gasteiger partial charge in [-0.1, -0.05) is 0 Å². The van der Waals surface area contributed by atoms with Gasteiger partial charge in [-0.3, -0.25) is 4.79 Å². The number of anilines is 4. The number of rotatable bonds is 5. The van der Waals surface area contributed by atoms with Crippen molar-refractivity contribution < 1.29 is 19.1 Å². The number of morpholine rings is 2. The number of hydrogen-bond acceptors (Lipinski definition) is 9. The maximum absolute atomic E-state index is 12.6. The van der Waals surface area contributed by atoms with E-state index in [1.165, 1.54) is 0 Å². The maximum atomic E-state index is 12.6. The number of carbonyl (C=O) groups excluding carboxylic acids is 2. The summed E-state index contributed by atoms with van der Waals surface area (Å²) in [6, 6.07) is 12.3. The fraction of sp³-hybridized carbons (Fsp3) is 0.370. The quantitative estimate of drug-likeness (QED) is 0.512. The van der Waals surface area contributed by atoms with Gasteiger partial charge in [0.15, 0.2) is 5.82 Å². The van der Waals surface area contributed by atoms with Crippen LogP contribution in [0.25, 0.3) is 11.4 Å². The number of hydrogen-bond donors (Lipinski definition) is 2. The van der Waals surface area contributed by atoms with Crippen molar-refractivity contribution in [1.29, 1.82) is 0 Å². The SMILES string of the molecule is CN1Cc2cc(NC(=O)Nc3ccc(-c4nc(N5CCOCC5)nc(N5CCOCC5)n4)cc3)ccc2C1=O. The van der Waals surface area contributed by atoms with E-state index >= 15 is 0 Å². The molecule has 2 saturated heterocycles. The molecule has 202 valence electrons.